The number of allylic oxidation sites excluding steroid dienone is 1. The maximum atomic E-state index is 5.28. The van der Waals surface area contributed by atoms with Gasteiger partial charge in [-0.05, 0) is 11.6 Å². The molecule has 1 fully saturated rings. The highest BCUT2D eigenvalue weighted by atomic mass is 35.5. The van der Waals surface area contributed by atoms with Gasteiger partial charge in [-0.1, -0.05) is 30.3 Å². The van der Waals surface area contributed by atoms with Crippen molar-refractivity contribution in [3.8, 4) is 0 Å². The molecule has 0 atom stereocenters. The van der Waals surface area contributed by atoms with Crippen LogP contribution >= 0.6 is 0 Å². The van der Waals surface area contributed by atoms with Gasteiger partial charge in [-0.2, -0.15) is 0 Å². The van der Waals surface area contributed by atoms with Crippen molar-refractivity contribution in [2.45, 2.75) is 0 Å². The van der Waals surface area contributed by atoms with Crippen LogP contribution in [0, 0.1) is 0 Å². The molecule has 0 saturated carbocycles. The van der Waals surface area contributed by atoms with Crippen LogP contribution in [0.5, 0.6) is 0 Å². The van der Waals surface area contributed by atoms with Crippen molar-refractivity contribution in [3.05, 3.63) is 42.0 Å². The highest BCUT2D eigenvalue weighted by molar-refractivity contribution is 5.74. The molecule has 0 unspecified atom stereocenters. The summed E-state index contributed by atoms with van der Waals surface area (Å²) >= 11 is 0. The first-order valence-corrected chi connectivity index (χ1v) is 5.33. The minimum Gasteiger partial charge on any atom is -1.00 e. The van der Waals surface area contributed by atoms with Gasteiger partial charge in [0.1, 0.15) is 13.2 Å². The van der Waals surface area contributed by atoms with Crippen LogP contribution in [0.3, 0.4) is 0 Å². The van der Waals surface area contributed by atoms with E-state index in [0.29, 0.717) is 0 Å². The largest absolute Gasteiger partial charge is 1.00 e. The predicted octanol–water partition coefficient (Wildman–Crippen LogP) is -1.18. The fourth-order valence-corrected chi connectivity index (χ4v) is 1.57. The number of nitrogens with zero attached hydrogens (tertiary/aromatic N) is 1. The number of hydrogen-bond donors (Lipinski definition) is 0. The quantitative estimate of drug-likeness (QED) is 0.590. The molecular weight excluding hydrogens is 222 g/mol. The molecule has 2 rings (SSSR count). The Kier molecular flexibility index (Phi) is 5.83. The highest BCUT2D eigenvalue weighted by Gasteiger charge is 2.08. The van der Waals surface area contributed by atoms with Crippen molar-refractivity contribution < 1.29 is 21.7 Å². The molecule has 1 aromatic carbocycles. The second-order valence-electron chi connectivity index (χ2n) is 3.57. The Bertz CT molecular complexity index is 351. The van der Waals surface area contributed by atoms with Crippen LogP contribution in [0.25, 0.3) is 6.08 Å². The Morgan fingerprint density at radius 1 is 1.06 bits per heavy atom. The van der Waals surface area contributed by atoms with E-state index in [4.69, 9.17) is 4.74 Å². The third-order valence-electron chi connectivity index (χ3n) is 2.43. The first-order valence-electron chi connectivity index (χ1n) is 5.33. The SMILES string of the molecule is C(/C=C/c1ccccc1)=[N+]1CCOCC1.[Cl-]. The molecule has 16 heavy (non-hydrogen) atoms. The number of rotatable bonds is 2. The third-order valence-corrected chi connectivity index (χ3v) is 2.43. The lowest BCUT2D eigenvalue weighted by molar-refractivity contribution is -0.544. The van der Waals surface area contributed by atoms with Crippen LogP contribution in [-0.2, 0) is 4.74 Å². The van der Waals surface area contributed by atoms with Gasteiger partial charge in [0.05, 0.1) is 0 Å². The Balaban J connectivity index is 0.00000128. The summed E-state index contributed by atoms with van der Waals surface area (Å²) in [5.74, 6) is 0. The van der Waals surface area contributed by atoms with E-state index in [1.807, 2.05) is 6.07 Å². The van der Waals surface area contributed by atoms with Crippen LogP contribution < -0.4 is 12.4 Å². The van der Waals surface area contributed by atoms with Crippen molar-refractivity contribution in [1.29, 1.82) is 0 Å². The van der Waals surface area contributed by atoms with Gasteiger partial charge in [-0.25, -0.2) is 4.58 Å². The van der Waals surface area contributed by atoms with Crippen LogP contribution in [0.2, 0.25) is 0 Å². The highest BCUT2D eigenvalue weighted by Crippen LogP contribution is 1.99. The minimum absolute atomic E-state index is 0. The Morgan fingerprint density at radius 3 is 2.44 bits per heavy atom. The summed E-state index contributed by atoms with van der Waals surface area (Å²) in [7, 11) is 0. The molecule has 0 radical (unpaired) electrons. The standard InChI is InChI=1S/C13H16NO.ClH/c1-2-5-13(6-3-1)7-4-8-14-9-11-15-12-10-14;/h1-8H,9-12H2;1H/q+1;/p-1/b7-4+;. The maximum Gasteiger partial charge on any atom is 0.166 e. The van der Waals surface area contributed by atoms with E-state index in [9.17, 15) is 0 Å². The van der Waals surface area contributed by atoms with Crippen molar-refractivity contribution in [1.82, 2.24) is 0 Å². The smallest absolute Gasteiger partial charge is 0.166 e. The molecule has 1 saturated heterocycles. The first-order chi connectivity index (χ1) is 7.45. The molecule has 1 aromatic rings. The fourth-order valence-electron chi connectivity index (χ4n) is 1.57. The van der Waals surface area contributed by atoms with Gasteiger partial charge in [-0.15, -0.1) is 0 Å². The second-order valence-corrected chi connectivity index (χ2v) is 3.57. The molecule has 0 aromatic heterocycles. The summed E-state index contributed by atoms with van der Waals surface area (Å²) in [6.45, 7) is 3.68. The molecule has 1 aliphatic rings. The molecule has 1 heterocycles. The van der Waals surface area contributed by atoms with Crippen LogP contribution in [0.15, 0.2) is 36.4 Å². The van der Waals surface area contributed by atoms with E-state index in [0.717, 1.165) is 26.3 Å². The van der Waals surface area contributed by atoms with Gasteiger partial charge in [0.25, 0.3) is 0 Å². The van der Waals surface area contributed by atoms with Crippen molar-refractivity contribution in [2.75, 3.05) is 26.3 Å². The Labute approximate surface area is 103 Å². The topological polar surface area (TPSA) is 12.2 Å². The number of ether oxygens (including phenoxy) is 1. The summed E-state index contributed by atoms with van der Waals surface area (Å²) in [5.41, 5.74) is 1.24. The summed E-state index contributed by atoms with van der Waals surface area (Å²) in [6.07, 6.45) is 6.35. The lowest BCUT2D eigenvalue weighted by Gasteiger charge is -2.09. The molecular formula is C13H16ClNO. The number of morpholine rings is 1. The van der Waals surface area contributed by atoms with Gasteiger partial charge >= 0.3 is 0 Å². The van der Waals surface area contributed by atoms with Crippen LogP contribution in [-0.4, -0.2) is 37.1 Å². The van der Waals surface area contributed by atoms with E-state index < -0.39 is 0 Å². The lowest BCUT2D eigenvalue weighted by Crippen LogP contribution is -3.00. The fraction of sp³-hybridized carbons (Fsp3) is 0.308. The Hall–Kier alpha value is -1.12. The molecule has 3 heteroatoms. The van der Waals surface area contributed by atoms with Gasteiger partial charge < -0.3 is 17.1 Å². The zero-order valence-electron chi connectivity index (χ0n) is 9.18. The first kappa shape index (κ1) is 12.9. The van der Waals surface area contributed by atoms with Crippen molar-refractivity contribution in [3.63, 3.8) is 0 Å². The zero-order valence-corrected chi connectivity index (χ0v) is 9.94. The molecule has 0 amide bonds. The molecule has 0 spiro atoms. The summed E-state index contributed by atoms with van der Waals surface area (Å²) in [4.78, 5) is 0. The number of halogens is 1. The van der Waals surface area contributed by atoms with Gasteiger partial charge in [0.15, 0.2) is 19.3 Å². The van der Waals surface area contributed by atoms with Crippen LogP contribution in [0.4, 0.5) is 0 Å². The summed E-state index contributed by atoms with van der Waals surface area (Å²) < 4.78 is 7.56. The van der Waals surface area contributed by atoms with Gasteiger partial charge in [-0.3, -0.25) is 0 Å². The number of hydrogen-bond acceptors (Lipinski definition) is 1. The third kappa shape index (κ3) is 4.17. The van der Waals surface area contributed by atoms with E-state index in [1.165, 1.54) is 5.56 Å². The lowest BCUT2D eigenvalue weighted by atomic mass is 10.2. The molecule has 86 valence electrons. The zero-order chi connectivity index (χ0) is 10.3. The number of benzene rings is 1. The molecule has 0 N–H and O–H groups in total. The summed E-state index contributed by atoms with van der Waals surface area (Å²) in [6, 6.07) is 10.3. The maximum absolute atomic E-state index is 5.28. The Morgan fingerprint density at radius 2 is 1.75 bits per heavy atom. The molecule has 0 bridgehead atoms. The predicted molar refractivity (Wildman–Crippen MR) is 62.4 cm³/mol. The van der Waals surface area contributed by atoms with Gasteiger partial charge in [0.2, 0.25) is 0 Å². The van der Waals surface area contributed by atoms with E-state index in [-0.39, 0.29) is 12.4 Å². The average Bonchev–Trinajstić information content (AvgIpc) is 2.32. The minimum atomic E-state index is 0. The average molecular weight is 238 g/mol. The van der Waals surface area contributed by atoms with E-state index >= 15 is 0 Å². The second kappa shape index (κ2) is 7.20. The normalized spacial score (nSPS) is 15.9. The monoisotopic (exact) mass is 237 g/mol. The van der Waals surface area contributed by atoms with Crippen LogP contribution in [0.1, 0.15) is 5.56 Å². The van der Waals surface area contributed by atoms with E-state index in [2.05, 4.69) is 47.2 Å². The van der Waals surface area contributed by atoms with Gasteiger partial charge in [0, 0.05) is 6.08 Å². The van der Waals surface area contributed by atoms with Crippen molar-refractivity contribution >= 4 is 12.3 Å². The van der Waals surface area contributed by atoms with Crippen molar-refractivity contribution in [2.24, 2.45) is 0 Å². The molecule has 0 aliphatic carbocycles. The summed E-state index contributed by atoms with van der Waals surface area (Å²) in [5, 5.41) is 0. The molecule has 1 aliphatic heterocycles. The van der Waals surface area contributed by atoms with E-state index in [1.54, 1.807) is 0 Å². The molecule has 2 nitrogen and oxygen atoms in total.